The SMILES string of the molecule is O=P(O)(O)C1C=CC(c2ccccc2)=C1c1ccccc1. The van der Waals surface area contributed by atoms with E-state index in [4.69, 9.17) is 0 Å². The highest BCUT2D eigenvalue weighted by molar-refractivity contribution is 7.53. The van der Waals surface area contributed by atoms with E-state index in [1.54, 1.807) is 12.2 Å². The topological polar surface area (TPSA) is 57.5 Å². The molecule has 0 bridgehead atoms. The minimum atomic E-state index is -4.24. The van der Waals surface area contributed by atoms with Gasteiger partial charge in [0.05, 0.1) is 0 Å². The Kier molecular flexibility index (Phi) is 3.64. The molecule has 0 aromatic heterocycles. The first-order valence-corrected chi connectivity index (χ1v) is 8.34. The Hall–Kier alpha value is -1.93. The van der Waals surface area contributed by atoms with Gasteiger partial charge in [-0.1, -0.05) is 72.8 Å². The maximum Gasteiger partial charge on any atom is 0.336 e. The molecule has 1 aliphatic carbocycles. The van der Waals surface area contributed by atoms with Gasteiger partial charge in [-0.25, -0.2) is 0 Å². The van der Waals surface area contributed by atoms with Crippen molar-refractivity contribution in [1.82, 2.24) is 0 Å². The van der Waals surface area contributed by atoms with Crippen LogP contribution in [0, 0.1) is 0 Å². The summed E-state index contributed by atoms with van der Waals surface area (Å²) >= 11 is 0. The molecule has 0 spiro atoms. The molecule has 4 heteroatoms. The van der Waals surface area contributed by atoms with Crippen molar-refractivity contribution in [3.63, 3.8) is 0 Å². The second-order valence-electron chi connectivity index (χ2n) is 4.95. The van der Waals surface area contributed by atoms with Crippen molar-refractivity contribution in [3.05, 3.63) is 83.9 Å². The molecule has 2 aromatic rings. The third-order valence-electron chi connectivity index (χ3n) is 3.56. The van der Waals surface area contributed by atoms with Gasteiger partial charge < -0.3 is 9.79 Å². The molecule has 1 atom stereocenters. The summed E-state index contributed by atoms with van der Waals surface area (Å²) in [6, 6.07) is 19.1. The molecule has 21 heavy (non-hydrogen) atoms. The van der Waals surface area contributed by atoms with Gasteiger partial charge >= 0.3 is 7.60 Å². The molecule has 2 N–H and O–H groups in total. The zero-order chi connectivity index (χ0) is 14.9. The third kappa shape index (κ3) is 2.77. The Balaban J connectivity index is 2.21. The van der Waals surface area contributed by atoms with Gasteiger partial charge in [0.25, 0.3) is 0 Å². The summed E-state index contributed by atoms with van der Waals surface area (Å²) in [4.78, 5) is 19.3. The van der Waals surface area contributed by atoms with Crippen LogP contribution in [0.3, 0.4) is 0 Å². The highest BCUT2D eigenvalue weighted by Crippen LogP contribution is 2.53. The molecule has 0 amide bonds. The van der Waals surface area contributed by atoms with Crippen LogP contribution in [-0.4, -0.2) is 15.4 Å². The maximum atomic E-state index is 11.8. The summed E-state index contributed by atoms with van der Waals surface area (Å²) in [5.74, 6) is 0. The third-order valence-corrected chi connectivity index (χ3v) is 4.72. The van der Waals surface area contributed by atoms with Gasteiger partial charge in [0.15, 0.2) is 0 Å². The van der Waals surface area contributed by atoms with Crippen LogP contribution in [-0.2, 0) is 4.57 Å². The van der Waals surface area contributed by atoms with Gasteiger partial charge in [0.2, 0.25) is 0 Å². The van der Waals surface area contributed by atoms with Crippen LogP contribution in [0.25, 0.3) is 11.1 Å². The summed E-state index contributed by atoms with van der Waals surface area (Å²) < 4.78 is 11.8. The van der Waals surface area contributed by atoms with Crippen LogP contribution in [0.5, 0.6) is 0 Å². The van der Waals surface area contributed by atoms with Crippen LogP contribution < -0.4 is 0 Å². The van der Waals surface area contributed by atoms with E-state index in [-0.39, 0.29) is 0 Å². The van der Waals surface area contributed by atoms with Crippen molar-refractivity contribution in [3.8, 4) is 0 Å². The van der Waals surface area contributed by atoms with Crippen LogP contribution in [0.1, 0.15) is 11.1 Å². The fourth-order valence-corrected chi connectivity index (χ4v) is 3.56. The molecule has 0 heterocycles. The molecule has 0 saturated heterocycles. The van der Waals surface area contributed by atoms with Crippen molar-refractivity contribution in [2.24, 2.45) is 0 Å². The van der Waals surface area contributed by atoms with Crippen LogP contribution >= 0.6 is 7.60 Å². The Labute approximate surface area is 123 Å². The number of benzene rings is 2. The van der Waals surface area contributed by atoms with E-state index in [2.05, 4.69) is 0 Å². The molecule has 1 unspecified atom stereocenters. The molecule has 3 rings (SSSR count). The minimum Gasteiger partial charge on any atom is -0.324 e. The summed E-state index contributed by atoms with van der Waals surface area (Å²) in [6.45, 7) is 0. The normalized spacial score (nSPS) is 18.3. The molecule has 2 aromatic carbocycles. The summed E-state index contributed by atoms with van der Waals surface area (Å²) in [5, 5.41) is 0. The molecule has 3 nitrogen and oxygen atoms in total. The van der Waals surface area contributed by atoms with Gasteiger partial charge in [-0.05, 0) is 22.3 Å². The maximum absolute atomic E-state index is 11.8. The van der Waals surface area contributed by atoms with Crippen molar-refractivity contribution in [2.75, 3.05) is 0 Å². The average Bonchev–Trinajstić information content (AvgIpc) is 2.94. The van der Waals surface area contributed by atoms with Crippen LogP contribution in [0.2, 0.25) is 0 Å². The predicted molar refractivity (Wildman–Crippen MR) is 84.7 cm³/mol. The fraction of sp³-hybridized carbons (Fsp3) is 0.0588. The molecule has 1 aliphatic rings. The summed E-state index contributed by atoms with van der Waals surface area (Å²) in [5.41, 5.74) is 2.48. The van der Waals surface area contributed by atoms with E-state index in [0.717, 1.165) is 16.7 Å². The second-order valence-corrected chi connectivity index (χ2v) is 6.69. The molecule has 0 saturated carbocycles. The Morgan fingerprint density at radius 3 is 1.86 bits per heavy atom. The molecule has 0 fully saturated rings. The fourth-order valence-electron chi connectivity index (χ4n) is 2.63. The van der Waals surface area contributed by atoms with Gasteiger partial charge in [0, 0.05) is 0 Å². The smallest absolute Gasteiger partial charge is 0.324 e. The quantitative estimate of drug-likeness (QED) is 0.849. The highest BCUT2D eigenvalue weighted by atomic mass is 31.2. The predicted octanol–water partition coefficient (Wildman–Crippen LogP) is 3.71. The van der Waals surface area contributed by atoms with Crippen molar-refractivity contribution in [1.29, 1.82) is 0 Å². The average molecular weight is 298 g/mol. The van der Waals surface area contributed by atoms with Gasteiger partial charge in [-0.3, -0.25) is 4.57 Å². The van der Waals surface area contributed by atoms with E-state index >= 15 is 0 Å². The number of hydrogen-bond donors (Lipinski definition) is 2. The lowest BCUT2D eigenvalue weighted by molar-refractivity contribution is 0.371. The lowest BCUT2D eigenvalue weighted by atomic mass is 9.96. The second kappa shape index (κ2) is 5.45. The van der Waals surface area contributed by atoms with Crippen LogP contribution in [0.15, 0.2) is 72.8 Å². The molecular weight excluding hydrogens is 283 g/mol. The first kappa shape index (κ1) is 14.0. The van der Waals surface area contributed by atoms with Crippen molar-refractivity contribution < 1.29 is 14.4 Å². The monoisotopic (exact) mass is 298 g/mol. The molecular formula is C17H15O3P. The zero-order valence-electron chi connectivity index (χ0n) is 11.3. The standard InChI is InChI=1S/C17H15O3P/c18-21(19,20)16-12-11-15(13-7-3-1-4-8-13)17(16)14-9-5-2-6-10-14/h1-12,16H,(H2,18,19,20). The first-order chi connectivity index (χ1) is 10.1. The molecule has 0 radical (unpaired) electrons. The van der Waals surface area contributed by atoms with E-state index < -0.39 is 13.3 Å². The van der Waals surface area contributed by atoms with Gasteiger partial charge in [0.1, 0.15) is 5.66 Å². The molecule has 106 valence electrons. The number of hydrogen-bond acceptors (Lipinski definition) is 1. The molecule has 0 aliphatic heterocycles. The van der Waals surface area contributed by atoms with Gasteiger partial charge in [-0.15, -0.1) is 0 Å². The Morgan fingerprint density at radius 2 is 1.33 bits per heavy atom. The Bertz CT molecular complexity index is 742. The number of rotatable bonds is 3. The zero-order valence-corrected chi connectivity index (χ0v) is 12.1. The van der Waals surface area contributed by atoms with E-state index in [1.807, 2.05) is 60.7 Å². The lowest BCUT2D eigenvalue weighted by Crippen LogP contribution is -2.06. The summed E-state index contributed by atoms with van der Waals surface area (Å²) in [7, 11) is -4.24. The van der Waals surface area contributed by atoms with Crippen molar-refractivity contribution in [2.45, 2.75) is 5.66 Å². The van der Waals surface area contributed by atoms with E-state index in [9.17, 15) is 14.4 Å². The Morgan fingerprint density at radius 1 is 0.810 bits per heavy atom. The lowest BCUT2D eigenvalue weighted by Gasteiger charge is -2.17. The van der Waals surface area contributed by atoms with Crippen molar-refractivity contribution >= 4 is 18.7 Å². The van der Waals surface area contributed by atoms with Gasteiger partial charge in [-0.2, -0.15) is 0 Å². The largest absolute Gasteiger partial charge is 0.336 e. The van der Waals surface area contributed by atoms with E-state index in [1.165, 1.54) is 0 Å². The minimum absolute atomic E-state index is 0.690. The van der Waals surface area contributed by atoms with E-state index in [0.29, 0.717) is 5.57 Å². The van der Waals surface area contributed by atoms with Crippen LogP contribution in [0.4, 0.5) is 0 Å². The highest BCUT2D eigenvalue weighted by Gasteiger charge is 2.35. The number of allylic oxidation sites excluding steroid dienone is 4. The first-order valence-electron chi connectivity index (χ1n) is 6.66. The summed E-state index contributed by atoms with van der Waals surface area (Å²) in [6.07, 6.45) is 3.41.